The maximum absolute atomic E-state index is 13.4. The molecule has 1 aliphatic carbocycles. The number of alkyl carbamates (subject to hydrolysis) is 1. The van der Waals surface area contributed by atoms with Crippen molar-refractivity contribution in [3.63, 3.8) is 0 Å². The molecule has 1 fully saturated rings. The van der Waals surface area contributed by atoms with Gasteiger partial charge in [-0.3, -0.25) is 4.79 Å². The molecule has 1 saturated carbocycles. The Hall–Kier alpha value is -2.65. The molecule has 1 aliphatic heterocycles. The third-order valence-electron chi connectivity index (χ3n) is 5.85. The quantitative estimate of drug-likeness (QED) is 0.652. The SMILES string of the molecule is COC(=O)C1COc2ccc(C(F)(F)F)cc2N(C2CCC(NC(=O)OC(C)(C)C)CC2)C1. The molecule has 0 bridgehead atoms. The number of anilines is 1. The van der Waals surface area contributed by atoms with E-state index in [1.807, 2.05) is 4.90 Å². The van der Waals surface area contributed by atoms with Crippen molar-refractivity contribution >= 4 is 17.7 Å². The number of halogens is 3. The minimum atomic E-state index is -4.50. The predicted molar refractivity (Wildman–Crippen MR) is 115 cm³/mol. The highest BCUT2D eigenvalue weighted by atomic mass is 19.4. The zero-order valence-corrected chi connectivity index (χ0v) is 19.3. The van der Waals surface area contributed by atoms with E-state index in [2.05, 4.69) is 5.32 Å². The van der Waals surface area contributed by atoms with Crippen molar-refractivity contribution in [3.05, 3.63) is 23.8 Å². The fourth-order valence-electron chi connectivity index (χ4n) is 4.28. The van der Waals surface area contributed by atoms with Crippen molar-refractivity contribution in [3.8, 4) is 5.75 Å². The van der Waals surface area contributed by atoms with Gasteiger partial charge in [-0.2, -0.15) is 13.2 Å². The van der Waals surface area contributed by atoms with Crippen LogP contribution >= 0.6 is 0 Å². The van der Waals surface area contributed by atoms with Crippen LogP contribution in [0.4, 0.5) is 23.7 Å². The first-order chi connectivity index (χ1) is 15.4. The molecule has 0 radical (unpaired) electrons. The maximum Gasteiger partial charge on any atom is 0.416 e. The highest BCUT2D eigenvalue weighted by Crippen LogP contribution is 2.41. The Kier molecular flexibility index (Phi) is 7.33. The number of carbonyl (C=O) groups is 2. The first kappa shape index (κ1) is 25.0. The monoisotopic (exact) mass is 472 g/mol. The number of rotatable bonds is 3. The standard InChI is InChI=1S/C23H31F3N2O5/c1-22(2,3)33-21(30)27-16-6-8-17(9-7-16)28-12-14(20(29)31-4)13-32-19-10-5-15(11-18(19)28)23(24,25)26/h5,10-11,14,16-17H,6-9,12-13H2,1-4H3,(H,27,30). The molecular formula is C23H31F3N2O5. The van der Waals surface area contributed by atoms with Gasteiger partial charge in [-0.25, -0.2) is 4.79 Å². The third-order valence-corrected chi connectivity index (χ3v) is 5.85. The summed E-state index contributed by atoms with van der Waals surface area (Å²) in [5, 5.41) is 2.87. The molecule has 1 N–H and O–H groups in total. The average Bonchev–Trinajstić information content (AvgIpc) is 2.91. The normalized spacial score (nSPS) is 23.6. The van der Waals surface area contributed by atoms with Gasteiger partial charge >= 0.3 is 18.2 Å². The number of methoxy groups -OCH3 is 1. The summed E-state index contributed by atoms with van der Waals surface area (Å²) in [5.41, 5.74) is -1.05. The lowest BCUT2D eigenvalue weighted by Gasteiger charge is -2.39. The number of hydrogen-bond donors (Lipinski definition) is 1. The molecule has 1 heterocycles. The number of nitrogens with zero attached hydrogens (tertiary/aromatic N) is 1. The molecular weight excluding hydrogens is 441 g/mol. The number of alkyl halides is 3. The zero-order chi connectivity index (χ0) is 24.4. The highest BCUT2D eigenvalue weighted by molar-refractivity contribution is 5.75. The van der Waals surface area contributed by atoms with E-state index in [4.69, 9.17) is 14.2 Å². The van der Waals surface area contributed by atoms with Crippen LogP contribution in [0.15, 0.2) is 18.2 Å². The Morgan fingerprint density at radius 3 is 2.36 bits per heavy atom. The van der Waals surface area contributed by atoms with Gasteiger partial charge in [0.25, 0.3) is 0 Å². The van der Waals surface area contributed by atoms with Gasteiger partial charge in [0.15, 0.2) is 0 Å². The zero-order valence-electron chi connectivity index (χ0n) is 19.3. The lowest BCUT2D eigenvalue weighted by Crippen LogP contribution is -2.47. The molecule has 2 aliphatic rings. The van der Waals surface area contributed by atoms with Crippen LogP contribution in [0.25, 0.3) is 0 Å². The molecule has 0 saturated heterocycles. The van der Waals surface area contributed by atoms with Crippen molar-refractivity contribution in [2.45, 2.75) is 70.3 Å². The van der Waals surface area contributed by atoms with E-state index < -0.39 is 35.3 Å². The topological polar surface area (TPSA) is 77.1 Å². The van der Waals surface area contributed by atoms with E-state index in [1.165, 1.54) is 13.2 Å². The summed E-state index contributed by atoms with van der Waals surface area (Å²) in [5.74, 6) is -0.790. The predicted octanol–water partition coefficient (Wildman–Crippen LogP) is 4.53. The Morgan fingerprint density at radius 2 is 1.79 bits per heavy atom. The van der Waals surface area contributed by atoms with Crippen LogP contribution in [0, 0.1) is 5.92 Å². The van der Waals surface area contributed by atoms with Gasteiger partial charge in [-0.05, 0) is 64.7 Å². The third kappa shape index (κ3) is 6.45. The van der Waals surface area contributed by atoms with E-state index in [9.17, 15) is 22.8 Å². The van der Waals surface area contributed by atoms with E-state index in [0.29, 0.717) is 37.1 Å². The minimum absolute atomic E-state index is 0.0249. The molecule has 33 heavy (non-hydrogen) atoms. The van der Waals surface area contributed by atoms with Crippen molar-refractivity contribution < 1.29 is 37.0 Å². The van der Waals surface area contributed by atoms with Crippen LogP contribution in [0.5, 0.6) is 5.75 Å². The molecule has 3 rings (SSSR count). The summed E-state index contributed by atoms with van der Waals surface area (Å²) in [6.45, 7) is 5.58. The molecule has 0 spiro atoms. The number of hydrogen-bond acceptors (Lipinski definition) is 6. The second-order valence-corrected chi connectivity index (χ2v) is 9.52. The Balaban J connectivity index is 1.78. The number of fused-ring (bicyclic) bond motifs is 1. The molecule has 0 aromatic heterocycles. The second kappa shape index (κ2) is 9.69. The van der Waals surface area contributed by atoms with Gasteiger partial charge in [0, 0.05) is 18.6 Å². The summed E-state index contributed by atoms with van der Waals surface area (Å²) in [6, 6.07) is 3.17. The van der Waals surface area contributed by atoms with Gasteiger partial charge in [0.2, 0.25) is 0 Å². The molecule has 1 aromatic rings. The largest absolute Gasteiger partial charge is 0.490 e. The van der Waals surface area contributed by atoms with E-state index in [0.717, 1.165) is 12.1 Å². The summed E-state index contributed by atoms with van der Waals surface area (Å²) in [6.07, 6.45) is -2.45. The van der Waals surface area contributed by atoms with Gasteiger partial charge in [-0.1, -0.05) is 0 Å². The van der Waals surface area contributed by atoms with Gasteiger partial charge in [-0.15, -0.1) is 0 Å². The van der Waals surface area contributed by atoms with Crippen molar-refractivity contribution in [1.82, 2.24) is 5.32 Å². The number of nitrogens with one attached hydrogen (secondary N) is 1. The minimum Gasteiger partial charge on any atom is -0.490 e. The van der Waals surface area contributed by atoms with Crippen LogP contribution in [-0.4, -0.2) is 50.0 Å². The fourth-order valence-corrected chi connectivity index (χ4v) is 4.28. The van der Waals surface area contributed by atoms with Crippen molar-refractivity contribution in [2.24, 2.45) is 5.92 Å². The lowest BCUT2D eigenvalue weighted by atomic mass is 9.89. The number of benzene rings is 1. The summed E-state index contributed by atoms with van der Waals surface area (Å²) >= 11 is 0. The first-order valence-electron chi connectivity index (χ1n) is 11.1. The summed E-state index contributed by atoms with van der Waals surface area (Å²) < 4.78 is 56.1. The molecule has 1 amide bonds. The van der Waals surface area contributed by atoms with E-state index in [-0.39, 0.29) is 25.2 Å². The van der Waals surface area contributed by atoms with Gasteiger partial charge in [0.1, 0.15) is 23.9 Å². The number of carbonyl (C=O) groups excluding carboxylic acids is 2. The van der Waals surface area contributed by atoms with Crippen LogP contribution in [0.3, 0.4) is 0 Å². The van der Waals surface area contributed by atoms with Gasteiger partial charge in [0.05, 0.1) is 18.4 Å². The van der Waals surface area contributed by atoms with Crippen LogP contribution in [0.2, 0.25) is 0 Å². The fraction of sp³-hybridized carbons (Fsp3) is 0.652. The first-order valence-corrected chi connectivity index (χ1v) is 11.1. The average molecular weight is 473 g/mol. The van der Waals surface area contributed by atoms with Crippen molar-refractivity contribution in [2.75, 3.05) is 25.2 Å². The molecule has 184 valence electrons. The molecule has 7 nitrogen and oxygen atoms in total. The second-order valence-electron chi connectivity index (χ2n) is 9.52. The van der Waals surface area contributed by atoms with Crippen LogP contribution < -0.4 is 15.0 Å². The van der Waals surface area contributed by atoms with Crippen LogP contribution in [0.1, 0.15) is 52.0 Å². The van der Waals surface area contributed by atoms with E-state index >= 15 is 0 Å². The number of ether oxygens (including phenoxy) is 3. The summed E-state index contributed by atoms with van der Waals surface area (Å²) in [7, 11) is 1.28. The Labute approximate surface area is 191 Å². The van der Waals surface area contributed by atoms with E-state index in [1.54, 1.807) is 20.8 Å². The highest BCUT2D eigenvalue weighted by Gasteiger charge is 2.37. The Morgan fingerprint density at radius 1 is 1.12 bits per heavy atom. The molecule has 1 aromatic carbocycles. The maximum atomic E-state index is 13.4. The number of esters is 1. The smallest absolute Gasteiger partial charge is 0.416 e. The summed E-state index contributed by atoms with van der Waals surface area (Å²) in [4.78, 5) is 26.2. The molecule has 10 heteroatoms. The lowest BCUT2D eigenvalue weighted by molar-refractivity contribution is -0.146. The van der Waals surface area contributed by atoms with Crippen molar-refractivity contribution in [1.29, 1.82) is 0 Å². The van der Waals surface area contributed by atoms with Crippen LogP contribution in [-0.2, 0) is 20.4 Å². The van der Waals surface area contributed by atoms with Gasteiger partial charge < -0.3 is 24.4 Å². The molecule has 1 atom stereocenters. The number of amides is 1. The molecule has 1 unspecified atom stereocenters. The Bertz CT molecular complexity index is 861.